The van der Waals surface area contributed by atoms with Crippen LogP contribution in [0.2, 0.25) is 0 Å². The van der Waals surface area contributed by atoms with Crippen molar-refractivity contribution in [1.29, 1.82) is 0 Å². The normalized spacial score (nSPS) is 10.8. The fourth-order valence-corrected chi connectivity index (χ4v) is 3.12. The van der Waals surface area contributed by atoms with Gasteiger partial charge in [0.25, 0.3) is 0 Å². The molecule has 4 aromatic rings. The third-order valence-electron chi connectivity index (χ3n) is 4.49. The van der Waals surface area contributed by atoms with Crippen molar-refractivity contribution in [3.63, 3.8) is 0 Å². The molecule has 0 spiro atoms. The molecule has 0 radical (unpaired) electrons. The first kappa shape index (κ1) is 17.8. The van der Waals surface area contributed by atoms with E-state index in [1.165, 1.54) is 11.1 Å². The second kappa shape index (κ2) is 7.96. The average molecular weight is 370 g/mol. The van der Waals surface area contributed by atoms with Gasteiger partial charge in [-0.05, 0) is 66.9 Å². The number of nitrogen functional groups attached to an aromatic ring is 1. The Kier molecular flexibility index (Phi) is 5.06. The van der Waals surface area contributed by atoms with Gasteiger partial charge in [-0.2, -0.15) is 0 Å². The number of hydrogen-bond acceptors (Lipinski definition) is 5. The van der Waals surface area contributed by atoms with Crippen LogP contribution in [0.3, 0.4) is 0 Å². The Morgan fingerprint density at radius 1 is 0.929 bits per heavy atom. The van der Waals surface area contributed by atoms with E-state index < -0.39 is 0 Å². The SMILES string of the molecule is Cc1cccc(Oc2cccc(CCNc3ncnc4ccc(N)cc34)c2)c1. The van der Waals surface area contributed by atoms with Crippen LogP contribution >= 0.6 is 0 Å². The molecule has 3 aromatic carbocycles. The highest BCUT2D eigenvalue weighted by atomic mass is 16.5. The van der Waals surface area contributed by atoms with E-state index in [1.807, 2.05) is 48.5 Å². The first-order valence-corrected chi connectivity index (χ1v) is 9.25. The van der Waals surface area contributed by atoms with Gasteiger partial charge in [-0.3, -0.25) is 0 Å². The summed E-state index contributed by atoms with van der Waals surface area (Å²) >= 11 is 0. The van der Waals surface area contributed by atoms with Crippen LogP contribution in [0.1, 0.15) is 11.1 Å². The van der Waals surface area contributed by atoms with Crippen LogP contribution in [-0.4, -0.2) is 16.5 Å². The first-order chi connectivity index (χ1) is 13.7. The Hall–Kier alpha value is -3.60. The van der Waals surface area contributed by atoms with Crippen molar-refractivity contribution in [1.82, 2.24) is 9.97 Å². The summed E-state index contributed by atoms with van der Waals surface area (Å²) in [6.45, 7) is 2.80. The van der Waals surface area contributed by atoms with E-state index in [2.05, 4.69) is 40.4 Å². The molecule has 0 aliphatic heterocycles. The molecule has 0 fully saturated rings. The fraction of sp³-hybridized carbons (Fsp3) is 0.130. The molecule has 0 aliphatic carbocycles. The largest absolute Gasteiger partial charge is 0.457 e. The van der Waals surface area contributed by atoms with E-state index in [0.29, 0.717) is 5.69 Å². The van der Waals surface area contributed by atoms with Gasteiger partial charge in [-0.25, -0.2) is 9.97 Å². The van der Waals surface area contributed by atoms with Gasteiger partial charge < -0.3 is 15.8 Å². The molecule has 4 rings (SSSR count). The molecule has 28 heavy (non-hydrogen) atoms. The molecule has 0 saturated heterocycles. The Balaban J connectivity index is 1.42. The monoisotopic (exact) mass is 370 g/mol. The summed E-state index contributed by atoms with van der Waals surface area (Å²) < 4.78 is 5.98. The number of anilines is 2. The molecule has 0 unspecified atom stereocenters. The second-order valence-corrected chi connectivity index (χ2v) is 6.74. The Bertz CT molecular complexity index is 1110. The molecule has 1 aromatic heterocycles. The number of aromatic nitrogens is 2. The summed E-state index contributed by atoms with van der Waals surface area (Å²) in [5, 5.41) is 4.32. The topological polar surface area (TPSA) is 73.1 Å². The number of nitrogens with one attached hydrogen (secondary N) is 1. The molecular weight excluding hydrogens is 348 g/mol. The van der Waals surface area contributed by atoms with E-state index in [9.17, 15) is 0 Å². The van der Waals surface area contributed by atoms with E-state index in [-0.39, 0.29) is 0 Å². The minimum Gasteiger partial charge on any atom is -0.457 e. The zero-order chi connectivity index (χ0) is 19.3. The number of nitrogens with zero attached hydrogens (tertiary/aromatic N) is 2. The van der Waals surface area contributed by atoms with Gasteiger partial charge in [-0.15, -0.1) is 0 Å². The average Bonchev–Trinajstić information content (AvgIpc) is 2.69. The molecule has 0 bridgehead atoms. The van der Waals surface area contributed by atoms with Gasteiger partial charge in [0, 0.05) is 17.6 Å². The minimum absolute atomic E-state index is 0.700. The number of ether oxygens (including phenoxy) is 1. The van der Waals surface area contributed by atoms with Crippen molar-refractivity contribution in [2.45, 2.75) is 13.3 Å². The summed E-state index contributed by atoms with van der Waals surface area (Å²) in [6, 6.07) is 21.8. The molecule has 140 valence electrons. The summed E-state index contributed by atoms with van der Waals surface area (Å²) in [5.74, 6) is 2.48. The molecule has 5 heteroatoms. The maximum absolute atomic E-state index is 5.98. The molecule has 1 heterocycles. The van der Waals surface area contributed by atoms with Gasteiger partial charge in [-0.1, -0.05) is 24.3 Å². The molecule has 0 amide bonds. The highest BCUT2D eigenvalue weighted by molar-refractivity contribution is 5.91. The highest BCUT2D eigenvalue weighted by Crippen LogP contribution is 2.24. The van der Waals surface area contributed by atoms with Crippen LogP contribution in [0.5, 0.6) is 11.5 Å². The smallest absolute Gasteiger partial charge is 0.137 e. The number of rotatable bonds is 6. The zero-order valence-corrected chi connectivity index (χ0v) is 15.7. The van der Waals surface area contributed by atoms with Crippen molar-refractivity contribution in [3.8, 4) is 11.5 Å². The van der Waals surface area contributed by atoms with Gasteiger partial charge >= 0.3 is 0 Å². The van der Waals surface area contributed by atoms with Crippen molar-refractivity contribution < 1.29 is 4.74 Å². The summed E-state index contributed by atoms with van der Waals surface area (Å²) in [5.41, 5.74) is 9.85. The summed E-state index contributed by atoms with van der Waals surface area (Å²) in [7, 11) is 0. The van der Waals surface area contributed by atoms with Crippen molar-refractivity contribution in [3.05, 3.63) is 84.2 Å². The Labute approximate surface area is 164 Å². The number of hydrogen-bond donors (Lipinski definition) is 2. The lowest BCUT2D eigenvalue weighted by Crippen LogP contribution is -2.07. The molecular formula is C23H22N4O. The minimum atomic E-state index is 0.700. The van der Waals surface area contributed by atoms with Crippen molar-refractivity contribution >= 4 is 22.4 Å². The van der Waals surface area contributed by atoms with Crippen LogP contribution in [-0.2, 0) is 6.42 Å². The third-order valence-corrected chi connectivity index (χ3v) is 4.49. The zero-order valence-electron chi connectivity index (χ0n) is 15.7. The number of aryl methyl sites for hydroxylation is 1. The third kappa shape index (κ3) is 4.20. The van der Waals surface area contributed by atoms with Crippen LogP contribution in [0.4, 0.5) is 11.5 Å². The van der Waals surface area contributed by atoms with Crippen LogP contribution in [0.25, 0.3) is 10.9 Å². The highest BCUT2D eigenvalue weighted by Gasteiger charge is 2.05. The van der Waals surface area contributed by atoms with Crippen LogP contribution < -0.4 is 15.8 Å². The quantitative estimate of drug-likeness (QED) is 0.469. The number of benzene rings is 3. The van der Waals surface area contributed by atoms with Gasteiger partial charge in [0.15, 0.2) is 0 Å². The number of fused-ring (bicyclic) bond motifs is 1. The van der Waals surface area contributed by atoms with E-state index >= 15 is 0 Å². The van der Waals surface area contributed by atoms with E-state index in [4.69, 9.17) is 10.5 Å². The maximum atomic E-state index is 5.98. The van der Waals surface area contributed by atoms with Crippen molar-refractivity contribution in [2.75, 3.05) is 17.6 Å². The van der Waals surface area contributed by atoms with Gasteiger partial charge in [0.05, 0.1) is 5.52 Å². The fourth-order valence-electron chi connectivity index (χ4n) is 3.12. The molecule has 0 aliphatic rings. The molecule has 0 atom stereocenters. The maximum Gasteiger partial charge on any atom is 0.137 e. The lowest BCUT2D eigenvalue weighted by molar-refractivity contribution is 0.481. The Morgan fingerprint density at radius 3 is 2.61 bits per heavy atom. The lowest BCUT2D eigenvalue weighted by Gasteiger charge is -2.10. The number of nitrogens with two attached hydrogens (primary N) is 1. The predicted molar refractivity (Wildman–Crippen MR) is 114 cm³/mol. The first-order valence-electron chi connectivity index (χ1n) is 9.25. The van der Waals surface area contributed by atoms with Gasteiger partial charge in [0.2, 0.25) is 0 Å². The summed E-state index contributed by atoms with van der Waals surface area (Å²) in [4.78, 5) is 8.64. The van der Waals surface area contributed by atoms with E-state index in [1.54, 1.807) is 6.33 Å². The van der Waals surface area contributed by atoms with Crippen LogP contribution in [0.15, 0.2) is 73.1 Å². The van der Waals surface area contributed by atoms with E-state index in [0.717, 1.165) is 41.2 Å². The predicted octanol–water partition coefficient (Wildman–Crippen LogP) is 4.97. The van der Waals surface area contributed by atoms with Crippen molar-refractivity contribution in [2.24, 2.45) is 0 Å². The molecule has 5 nitrogen and oxygen atoms in total. The molecule has 3 N–H and O–H groups in total. The second-order valence-electron chi connectivity index (χ2n) is 6.74. The lowest BCUT2D eigenvalue weighted by atomic mass is 10.1. The summed E-state index contributed by atoms with van der Waals surface area (Å²) in [6.07, 6.45) is 2.41. The van der Waals surface area contributed by atoms with Crippen LogP contribution in [0, 0.1) is 6.92 Å². The Morgan fingerprint density at radius 2 is 1.75 bits per heavy atom. The molecule has 0 saturated carbocycles. The van der Waals surface area contributed by atoms with Gasteiger partial charge in [0.1, 0.15) is 23.6 Å². The standard InChI is InChI=1S/C23H22N4O/c1-16-4-2-6-19(12-16)28-20-7-3-5-17(13-20)10-11-25-23-21-14-18(24)8-9-22(21)26-15-27-23/h2-9,12-15H,10-11,24H2,1H3,(H,25,26,27).